The molecule has 0 aromatic heterocycles. The van der Waals surface area contributed by atoms with Crippen LogP contribution in [0.5, 0.6) is 0 Å². The van der Waals surface area contributed by atoms with E-state index >= 15 is 0 Å². The second kappa shape index (κ2) is 15.5. The standard InChI is InChI=1S/C23H49N7O.2BrH/c1-6-30(7-2,8-3)20-21-12-11-14-28(21)23(25)26-22(24)27(4)13-9-10-15-29(5)16-18-31-19-17-29;;/h21H,6-20H2,1-5H3,(H3,24,25,26);2*1H/q+2;;/p-2. The lowest BCUT2D eigenvalue weighted by Crippen LogP contribution is -3.00. The molecule has 1 atom stereocenters. The van der Waals surface area contributed by atoms with Crippen LogP contribution in [0, 0.1) is 5.41 Å². The number of rotatable bonds is 10. The average Bonchev–Trinajstić information content (AvgIpc) is 3.23. The third-order valence-corrected chi connectivity index (χ3v) is 7.86. The maximum atomic E-state index is 8.42. The molecule has 0 radical (unpaired) electrons. The topological polar surface area (TPSA) is 77.9 Å². The van der Waals surface area contributed by atoms with Crippen molar-refractivity contribution in [3.8, 4) is 0 Å². The van der Waals surface area contributed by atoms with Gasteiger partial charge in [0, 0.05) is 20.1 Å². The van der Waals surface area contributed by atoms with Crippen molar-refractivity contribution >= 4 is 11.9 Å². The van der Waals surface area contributed by atoms with E-state index in [4.69, 9.17) is 15.9 Å². The molecule has 2 aliphatic heterocycles. The van der Waals surface area contributed by atoms with Crippen molar-refractivity contribution in [1.29, 1.82) is 5.41 Å². The van der Waals surface area contributed by atoms with Crippen LogP contribution in [-0.4, -0.2) is 123 Å². The Hall–Kier alpha value is -0.420. The third kappa shape index (κ3) is 9.63. The minimum absolute atomic E-state index is 0. The first-order valence-corrected chi connectivity index (χ1v) is 12.4. The third-order valence-electron chi connectivity index (χ3n) is 7.86. The van der Waals surface area contributed by atoms with Crippen molar-refractivity contribution in [2.45, 2.75) is 52.5 Å². The summed E-state index contributed by atoms with van der Waals surface area (Å²) in [5.74, 6) is 0.796. The van der Waals surface area contributed by atoms with Gasteiger partial charge in [-0.25, -0.2) is 0 Å². The summed E-state index contributed by atoms with van der Waals surface area (Å²) in [5, 5.41) is 8.42. The van der Waals surface area contributed by atoms with Crippen LogP contribution in [0.25, 0.3) is 0 Å². The van der Waals surface area contributed by atoms with Gasteiger partial charge in [0.1, 0.15) is 13.1 Å². The number of halogens is 2. The Labute approximate surface area is 223 Å². The van der Waals surface area contributed by atoms with E-state index in [9.17, 15) is 0 Å². The number of ether oxygens (including phenoxy) is 1. The Kier molecular flexibility index (Phi) is 15.4. The summed E-state index contributed by atoms with van der Waals surface area (Å²) in [4.78, 5) is 8.68. The zero-order valence-electron chi connectivity index (χ0n) is 21.7. The smallest absolute Gasteiger partial charge is 0.220 e. The van der Waals surface area contributed by atoms with E-state index in [0.29, 0.717) is 12.0 Å². The van der Waals surface area contributed by atoms with Crippen LogP contribution >= 0.6 is 0 Å². The van der Waals surface area contributed by atoms with E-state index in [2.05, 4.69) is 37.7 Å². The van der Waals surface area contributed by atoms with Crippen LogP contribution in [0.3, 0.4) is 0 Å². The number of hydrogen-bond acceptors (Lipinski definition) is 2. The molecule has 1 unspecified atom stereocenters. The molecule has 0 aromatic carbocycles. The number of hydrogen-bond donors (Lipinski definition) is 2. The first-order chi connectivity index (χ1) is 14.8. The highest BCUT2D eigenvalue weighted by Crippen LogP contribution is 2.21. The van der Waals surface area contributed by atoms with Gasteiger partial charge in [0.25, 0.3) is 0 Å². The van der Waals surface area contributed by atoms with Gasteiger partial charge < -0.3 is 63.2 Å². The van der Waals surface area contributed by atoms with Gasteiger partial charge in [-0.2, -0.15) is 4.99 Å². The number of aliphatic imine (C=N–C) groups is 1. The zero-order chi connectivity index (χ0) is 22.9. The van der Waals surface area contributed by atoms with E-state index in [1.54, 1.807) is 0 Å². The van der Waals surface area contributed by atoms with Crippen LogP contribution in [0.4, 0.5) is 0 Å². The summed E-state index contributed by atoms with van der Waals surface area (Å²) in [6.45, 7) is 18.4. The number of quaternary nitrogens is 2. The molecule has 10 heteroatoms. The van der Waals surface area contributed by atoms with Gasteiger partial charge in [0.2, 0.25) is 5.96 Å². The molecule has 2 rings (SSSR count). The SMILES string of the molecule is CC[N+](CC)(CC)CC1CCCN1C(N)=NC(=N)N(C)CCCC[N+]1(C)CCOCC1.[Br-].[Br-]. The Bertz CT molecular complexity index is 587. The average molecular weight is 600 g/mol. The maximum Gasteiger partial charge on any atom is 0.220 e. The van der Waals surface area contributed by atoms with Gasteiger partial charge in [-0.1, -0.05) is 0 Å². The van der Waals surface area contributed by atoms with Crippen LogP contribution < -0.4 is 39.7 Å². The highest BCUT2D eigenvalue weighted by atomic mass is 79.9. The van der Waals surface area contributed by atoms with Crippen LogP contribution in [0.1, 0.15) is 46.5 Å². The lowest BCUT2D eigenvalue weighted by atomic mass is 10.1. The van der Waals surface area contributed by atoms with Gasteiger partial charge in [0.15, 0.2) is 5.96 Å². The second-order valence-corrected chi connectivity index (χ2v) is 9.79. The van der Waals surface area contributed by atoms with Crippen molar-refractivity contribution in [1.82, 2.24) is 9.80 Å². The fourth-order valence-electron chi connectivity index (χ4n) is 5.05. The van der Waals surface area contributed by atoms with Crippen molar-refractivity contribution in [2.75, 3.05) is 86.2 Å². The molecule has 3 N–H and O–H groups in total. The minimum atomic E-state index is 0. The van der Waals surface area contributed by atoms with E-state index in [-0.39, 0.29) is 39.9 Å². The van der Waals surface area contributed by atoms with Gasteiger partial charge in [-0.3, -0.25) is 5.41 Å². The van der Waals surface area contributed by atoms with Crippen LogP contribution in [-0.2, 0) is 4.74 Å². The molecule has 2 saturated heterocycles. The van der Waals surface area contributed by atoms with Gasteiger partial charge >= 0.3 is 0 Å². The van der Waals surface area contributed by atoms with Crippen molar-refractivity contribution in [2.24, 2.45) is 10.7 Å². The summed E-state index contributed by atoms with van der Waals surface area (Å²) in [6.07, 6.45) is 4.55. The van der Waals surface area contributed by atoms with E-state index in [0.717, 1.165) is 93.8 Å². The number of morpholine rings is 1. The van der Waals surface area contributed by atoms with Crippen LogP contribution in [0.15, 0.2) is 4.99 Å². The number of nitrogens with two attached hydrogens (primary N) is 1. The van der Waals surface area contributed by atoms with E-state index in [1.165, 1.54) is 13.0 Å². The Balaban J connectivity index is 0.00000512. The molecule has 0 amide bonds. The summed E-state index contributed by atoms with van der Waals surface area (Å²) in [7, 11) is 4.29. The molecule has 33 heavy (non-hydrogen) atoms. The summed E-state index contributed by atoms with van der Waals surface area (Å²) < 4.78 is 7.72. The molecule has 196 valence electrons. The molecule has 8 nitrogen and oxygen atoms in total. The molecule has 2 heterocycles. The van der Waals surface area contributed by atoms with Gasteiger partial charge in [-0.15, -0.1) is 0 Å². The molecule has 0 aromatic rings. The molecule has 0 spiro atoms. The summed E-state index contributed by atoms with van der Waals surface area (Å²) in [5.41, 5.74) is 6.41. The monoisotopic (exact) mass is 597 g/mol. The Morgan fingerprint density at radius 2 is 1.76 bits per heavy atom. The minimum Gasteiger partial charge on any atom is -1.00 e. The lowest BCUT2D eigenvalue weighted by Gasteiger charge is -2.40. The Morgan fingerprint density at radius 1 is 1.15 bits per heavy atom. The molecular formula is C23H49Br2N7O. The highest BCUT2D eigenvalue weighted by Gasteiger charge is 2.34. The summed E-state index contributed by atoms with van der Waals surface area (Å²) >= 11 is 0. The van der Waals surface area contributed by atoms with E-state index in [1.807, 2.05) is 11.9 Å². The first-order valence-electron chi connectivity index (χ1n) is 12.4. The number of likely N-dealkylation sites (N-methyl/N-ethyl adjacent to an activating group) is 2. The Morgan fingerprint density at radius 3 is 2.33 bits per heavy atom. The second-order valence-electron chi connectivity index (χ2n) is 9.79. The van der Waals surface area contributed by atoms with Crippen molar-refractivity contribution in [3.63, 3.8) is 0 Å². The first kappa shape index (κ1) is 32.6. The lowest BCUT2D eigenvalue weighted by molar-refractivity contribution is -0.924. The predicted octanol–water partition coefficient (Wildman–Crippen LogP) is -4.23. The summed E-state index contributed by atoms with van der Waals surface area (Å²) in [6, 6.07) is 0.430. The fraction of sp³-hybridized carbons (Fsp3) is 0.913. The quantitative estimate of drug-likeness (QED) is 0.116. The van der Waals surface area contributed by atoms with Crippen molar-refractivity contribution in [3.05, 3.63) is 0 Å². The number of guanidine groups is 2. The maximum absolute atomic E-state index is 8.42. The largest absolute Gasteiger partial charge is 1.00 e. The molecule has 2 fully saturated rings. The van der Waals surface area contributed by atoms with Gasteiger partial charge in [-0.05, 0) is 46.5 Å². The van der Waals surface area contributed by atoms with Crippen LogP contribution in [0.2, 0.25) is 0 Å². The number of unbranched alkanes of at least 4 members (excludes halogenated alkanes) is 1. The normalized spacial score (nSPS) is 20.7. The number of nitrogens with zero attached hydrogens (tertiary/aromatic N) is 5. The zero-order valence-corrected chi connectivity index (χ0v) is 24.8. The molecule has 0 bridgehead atoms. The molecule has 2 aliphatic rings. The van der Waals surface area contributed by atoms with E-state index < -0.39 is 0 Å². The predicted molar refractivity (Wildman–Crippen MR) is 129 cm³/mol. The van der Waals surface area contributed by atoms with Gasteiger partial charge in [0.05, 0.1) is 59.0 Å². The number of likely N-dealkylation sites (tertiary alicyclic amines) is 1. The molecular weight excluding hydrogens is 550 g/mol. The van der Waals surface area contributed by atoms with Crippen molar-refractivity contribution < 1.29 is 47.7 Å². The molecule has 0 aliphatic carbocycles. The number of nitrogens with one attached hydrogen (secondary N) is 1. The highest BCUT2D eigenvalue weighted by molar-refractivity contribution is 5.92. The molecule has 0 saturated carbocycles. The fourth-order valence-corrected chi connectivity index (χ4v) is 5.05.